The molecule has 0 bridgehead atoms. The molecule has 0 aromatic carbocycles. The Kier molecular flexibility index (Phi) is 6.76. The highest BCUT2D eigenvalue weighted by Crippen LogP contribution is 1.91. The summed E-state index contributed by atoms with van der Waals surface area (Å²) in [4.78, 5) is 12.7. The molecule has 0 N–H and O–H groups in total. The average molecular weight is 173 g/mol. The number of hydrogen-bond acceptors (Lipinski definition) is 3. The third-order valence-electron chi connectivity index (χ3n) is 1.82. The number of hydrogen-bond donors (Lipinski definition) is 0. The molecule has 0 aliphatic carbocycles. The number of carbonyl (C=O) groups excluding carboxylic acids is 1. The first-order valence-corrected chi connectivity index (χ1v) is 4.56. The van der Waals surface area contributed by atoms with E-state index < -0.39 is 0 Å². The second kappa shape index (κ2) is 7.10. The standard InChI is InChI=1S/C9H19NO2/c1-4-10(5-2)7-6-8-12-9(3)11/h4-8H2,1-3H3. The first kappa shape index (κ1) is 11.4. The van der Waals surface area contributed by atoms with E-state index in [0.29, 0.717) is 6.61 Å². The fraction of sp³-hybridized carbons (Fsp3) is 0.889. The van der Waals surface area contributed by atoms with E-state index in [9.17, 15) is 4.79 Å². The van der Waals surface area contributed by atoms with Crippen LogP contribution < -0.4 is 0 Å². The molecule has 0 radical (unpaired) electrons. The highest BCUT2D eigenvalue weighted by atomic mass is 16.5. The molecular formula is C9H19NO2. The molecule has 3 nitrogen and oxygen atoms in total. The summed E-state index contributed by atoms with van der Waals surface area (Å²) in [5, 5.41) is 0. The van der Waals surface area contributed by atoms with Crippen molar-refractivity contribution in [2.45, 2.75) is 27.2 Å². The molecular weight excluding hydrogens is 154 g/mol. The minimum Gasteiger partial charge on any atom is -0.466 e. The molecule has 0 aliphatic heterocycles. The van der Waals surface area contributed by atoms with E-state index in [2.05, 4.69) is 18.7 Å². The van der Waals surface area contributed by atoms with Crippen molar-refractivity contribution in [2.75, 3.05) is 26.2 Å². The Bertz CT molecular complexity index is 122. The lowest BCUT2D eigenvalue weighted by atomic mass is 10.4. The van der Waals surface area contributed by atoms with Gasteiger partial charge in [-0.3, -0.25) is 4.79 Å². The SMILES string of the molecule is CCN(CC)CCCOC(C)=O. The molecule has 0 unspecified atom stereocenters. The molecule has 3 heteroatoms. The number of rotatable bonds is 6. The zero-order valence-electron chi connectivity index (χ0n) is 8.30. The Balaban J connectivity index is 3.23. The molecule has 0 heterocycles. The summed E-state index contributed by atoms with van der Waals surface area (Å²) >= 11 is 0. The smallest absolute Gasteiger partial charge is 0.302 e. The predicted molar refractivity (Wildman–Crippen MR) is 49.0 cm³/mol. The lowest BCUT2D eigenvalue weighted by molar-refractivity contribution is -0.141. The quantitative estimate of drug-likeness (QED) is 0.447. The van der Waals surface area contributed by atoms with Crippen molar-refractivity contribution in [1.82, 2.24) is 4.90 Å². The topological polar surface area (TPSA) is 29.5 Å². The predicted octanol–water partition coefficient (Wildman–Crippen LogP) is 1.28. The summed E-state index contributed by atoms with van der Waals surface area (Å²) in [6, 6.07) is 0. The number of nitrogens with zero attached hydrogens (tertiary/aromatic N) is 1. The van der Waals surface area contributed by atoms with Gasteiger partial charge >= 0.3 is 5.97 Å². The summed E-state index contributed by atoms with van der Waals surface area (Å²) < 4.78 is 4.82. The maximum atomic E-state index is 10.4. The minimum atomic E-state index is -0.186. The summed E-state index contributed by atoms with van der Waals surface area (Å²) in [7, 11) is 0. The maximum absolute atomic E-state index is 10.4. The molecule has 0 rings (SSSR count). The molecule has 0 spiro atoms. The van der Waals surface area contributed by atoms with Gasteiger partial charge in [0.05, 0.1) is 6.61 Å². The third-order valence-corrected chi connectivity index (χ3v) is 1.82. The van der Waals surface area contributed by atoms with E-state index in [4.69, 9.17) is 4.74 Å². The Hall–Kier alpha value is -0.570. The molecule has 0 atom stereocenters. The summed E-state index contributed by atoms with van der Waals surface area (Å²) in [5.41, 5.74) is 0. The molecule has 0 fully saturated rings. The van der Waals surface area contributed by atoms with Crippen LogP contribution in [0.25, 0.3) is 0 Å². The van der Waals surface area contributed by atoms with Gasteiger partial charge in [0.15, 0.2) is 0 Å². The highest BCUT2D eigenvalue weighted by molar-refractivity contribution is 5.65. The van der Waals surface area contributed by atoms with Crippen molar-refractivity contribution in [3.05, 3.63) is 0 Å². The number of carbonyl (C=O) groups is 1. The van der Waals surface area contributed by atoms with Crippen LogP contribution in [0.15, 0.2) is 0 Å². The van der Waals surface area contributed by atoms with Gasteiger partial charge in [-0.15, -0.1) is 0 Å². The average Bonchev–Trinajstić information content (AvgIpc) is 2.04. The van der Waals surface area contributed by atoms with E-state index in [1.165, 1.54) is 6.92 Å². The van der Waals surface area contributed by atoms with Gasteiger partial charge in [0, 0.05) is 13.5 Å². The van der Waals surface area contributed by atoms with Crippen LogP contribution in [0.2, 0.25) is 0 Å². The molecule has 0 saturated heterocycles. The van der Waals surface area contributed by atoms with Crippen LogP contribution in [0.1, 0.15) is 27.2 Å². The second-order valence-corrected chi connectivity index (χ2v) is 2.72. The van der Waals surface area contributed by atoms with Gasteiger partial charge in [0.2, 0.25) is 0 Å². The van der Waals surface area contributed by atoms with Gasteiger partial charge in [-0.1, -0.05) is 13.8 Å². The van der Waals surface area contributed by atoms with Gasteiger partial charge in [-0.25, -0.2) is 0 Å². The minimum absolute atomic E-state index is 0.186. The summed E-state index contributed by atoms with van der Waals surface area (Å²) in [6.07, 6.45) is 0.932. The fourth-order valence-corrected chi connectivity index (χ4v) is 1.04. The molecule has 0 aromatic rings. The van der Waals surface area contributed by atoms with Crippen molar-refractivity contribution in [2.24, 2.45) is 0 Å². The van der Waals surface area contributed by atoms with E-state index >= 15 is 0 Å². The number of esters is 1. The van der Waals surface area contributed by atoms with Crippen molar-refractivity contribution >= 4 is 5.97 Å². The first-order chi connectivity index (χ1) is 5.70. The van der Waals surface area contributed by atoms with E-state index in [1.807, 2.05) is 0 Å². The lowest BCUT2D eigenvalue weighted by Crippen LogP contribution is -2.25. The normalized spacial score (nSPS) is 10.3. The van der Waals surface area contributed by atoms with Crippen molar-refractivity contribution in [3.63, 3.8) is 0 Å². The van der Waals surface area contributed by atoms with Crippen LogP contribution in [0.3, 0.4) is 0 Å². The van der Waals surface area contributed by atoms with Crippen LogP contribution in [0.4, 0.5) is 0 Å². The largest absolute Gasteiger partial charge is 0.466 e. The van der Waals surface area contributed by atoms with Gasteiger partial charge in [0.25, 0.3) is 0 Å². The molecule has 72 valence electrons. The van der Waals surface area contributed by atoms with E-state index in [-0.39, 0.29) is 5.97 Å². The Morgan fingerprint density at radius 1 is 1.33 bits per heavy atom. The molecule has 0 amide bonds. The molecule has 0 aromatic heterocycles. The van der Waals surface area contributed by atoms with Gasteiger partial charge < -0.3 is 9.64 Å². The fourth-order valence-electron chi connectivity index (χ4n) is 1.04. The first-order valence-electron chi connectivity index (χ1n) is 4.56. The second-order valence-electron chi connectivity index (χ2n) is 2.72. The van der Waals surface area contributed by atoms with Gasteiger partial charge in [0.1, 0.15) is 0 Å². The van der Waals surface area contributed by atoms with E-state index in [1.54, 1.807) is 0 Å². The molecule has 12 heavy (non-hydrogen) atoms. The Labute approximate surface area is 74.7 Å². The van der Waals surface area contributed by atoms with Crippen molar-refractivity contribution in [3.8, 4) is 0 Å². The summed E-state index contributed by atoms with van der Waals surface area (Å²) in [6.45, 7) is 9.40. The van der Waals surface area contributed by atoms with E-state index in [0.717, 1.165) is 26.1 Å². The number of ether oxygens (including phenoxy) is 1. The monoisotopic (exact) mass is 173 g/mol. The van der Waals surface area contributed by atoms with Crippen molar-refractivity contribution in [1.29, 1.82) is 0 Å². The third kappa shape index (κ3) is 6.16. The van der Waals surface area contributed by atoms with Crippen LogP contribution >= 0.6 is 0 Å². The van der Waals surface area contributed by atoms with Gasteiger partial charge in [-0.05, 0) is 19.5 Å². The summed E-state index contributed by atoms with van der Waals surface area (Å²) in [5.74, 6) is -0.186. The molecule has 0 saturated carbocycles. The highest BCUT2D eigenvalue weighted by Gasteiger charge is 1.98. The van der Waals surface area contributed by atoms with Gasteiger partial charge in [-0.2, -0.15) is 0 Å². The Morgan fingerprint density at radius 3 is 2.33 bits per heavy atom. The van der Waals surface area contributed by atoms with Crippen LogP contribution in [0.5, 0.6) is 0 Å². The maximum Gasteiger partial charge on any atom is 0.302 e. The Morgan fingerprint density at radius 2 is 1.92 bits per heavy atom. The van der Waals surface area contributed by atoms with Crippen molar-refractivity contribution < 1.29 is 9.53 Å². The van der Waals surface area contributed by atoms with Crippen LogP contribution in [-0.4, -0.2) is 37.1 Å². The van der Waals surface area contributed by atoms with Crippen LogP contribution in [0, 0.1) is 0 Å². The molecule has 0 aliphatic rings. The lowest BCUT2D eigenvalue weighted by Gasteiger charge is -2.17. The van der Waals surface area contributed by atoms with Crippen LogP contribution in [-0.2, 0) is 9.53 Å². The zero-order valence-corrected chi connectivity index (χ0v) is 8.30. The zero-order chi connectivity index (χ0) is 9.40.